The lowest BCUT2D eigenvalue weighted by atomic mass is 10.0. The van der Waals surface area contributed by atoms with E-state index in [1.165, 1.54) is 13.1 Å². The number of benzene rings is 1. The molecule has 5 N–H and O–H groups in total. The Hall–Kier alpha value is -4.71. The Bertz CT molecular complexity index is 1490. The molecule has 0 fully saturated rings. The van der Waals surface area contributed by atoms with Crippen molar-refractivity contribution in [1.29, 1.82) is 0 Å². The number of pyridine rings is 1. The fraction of sp³-hybridized carbons (Fsp3) is 0.200. The zero-order valence-corrected chi connectivity index (χ0v) is 21.7. The van der Waals surface area contributed by atoms with Gasteiger partial charge in [0.05, 0.1) is 24.2 Å². The lowest BCUT2D eigenvalue weighted by Gasteiger charge is -2.18. The van der Waals surface area contributed by atoms with Crippen LogP contribution in [-0.4, -0.2) is 57.5 Å². The van der Waals surface area contributed by atoms with Crippen LogP contribution in [0.15, 0.2) is 48.7 Å². The Morgan fingerprint density at radius 1 is 1.11 bits per heavy atom. The fourth-order valence-corrected chi connectivity index (χ4v) is 3.92. The number of carbonyl (C=O) groups excluding carboxylic acids is 2. The lowest BCUT2D eigenvalue weighted by molar-refractivity contribution is 0.0944. The Balaban J connectivity index is 1.68. The molecular formula is C25H26ClN9O3. The first-order valence-corrected chi connectivity index (χ1v) is 11.9. The third-order valence-electron chi connectivity index (χ3n) is 5.52. The molecule has 0 aliphatic rings. The van der Waals surface area contributed by atoms with E-state index in [1.807, 2.05) is 31.4 Å². The van der Waals surface area contributed by atoms with E-state index in [9.17, 15) is 9.59 Å². The molecule has 4 rings (SSSR count). The highest BCUT2D eigenvalue weighted by Crippen LogP contribution is 2.39. The van der Waals surface area contributed by atoms with Crippen LogP contribution < -0.4 is 26.4 Å². The van der Waals surface area contributed by atoms with Crippen molar-refractivity contribution in [2.75, 3.05) is 31.8 Å². The number of aryl methyl sites for hydroxylation is 1. The van der Waals surface area contributed by atoms with Crippen molar-refractivity contribution in [3.05, 3.63) is 70.8 Å². The van der Waals surface area contributed by atoms with Gasteiger partial charge >= 0.3 is 0 Å². The highest BCUT2D eigenvalue weighted by molar-refractivity contribution is 6.29. The largest absolute Gasteiger partial charge is 0.494 e. The monoisotopic (exact) mass is 535 g/mol. The smallest absolute Gasteiger partial charge is 0.273 e. The van der Waals surface area contributed by atoms with Gasteiger partial charge in [-0.05, 0) is 42.3 Å². The van der Waals surface area contributed by atoms with Crippen LogP contribution in [0.2, 0.25) is 5.15 Å². The zero-order chi connectivity index (χ0) is 27.2. The predicted octanol–water partition coefficient (Wildman–Crippen LogP) is 2.59. The maximum Gasteiger partial charge on any atom is 0.273 e. The number of halogens is 1. The molecule has 2 amide bonds. The number of ether oxygens (including phenoxy) is 1. The van der Waals surface area contributed by atoms with Gasteiger partial charge in [-0.15, -0.1) is 10.2 Å². The number of nitrogens with two attached hydrogens (primary N) is 1. The van der Waals surface area contributed by atoms with Crippen LogP contribution in [0.1, 0.15) is 26.5 Å². The summed E-state index contributed by atoms with van der Waals surface area (Å²) in [6.07, 6.45) is 2.30. The Morgan fingerprint density at radius 2 is 1.92 bits per heavy atom. The number of nitrogen functional groups attached to an aromatic ring is 1. The quantitative estimate of drug-likeness (QED) is 0.252. The zero-order valence-electron chi connectivity index (χ0n) is 20.9. The van der Waals surface area contributed by atoms with E-state index in [1.54, 1.807) is 30.0 Å². The highest BCUT2D eigenvalue weighted by atomic mass is 35.5. The van der Waals surface area contributed by atoms with E-state index in [2.05, 4.69) is 36.2 Å². The number of nitrogens with zero attached hydrogens (tertiary/aromatic N) is 5. The number of carbonyl (C=O) groups is 2. The number of rotatable bonds is 9. The molecule has 3 aromatic heterocycles. The van der Waals surface area contributed by atoms with Crippen molar-refractivity contribution in [2.24, 2.45) is 7.05 Å². The summed E-state index contributed by atoms with van der Waals surface area (Å²) in [5.41, 5.74) is 9.13. The summed E-state index contributed by atoms with van der Waals surface area (Å²) < 4.78 is 7.45. The van der Waals surface area contributed by atoms with Crippen LogP contribution in [0.3, 0.4) is 0 Å². The summed E-state index contributed by atoms with van der Waals surface area (Å²) >= 11 is 6.08. The van der Waals surface area contributed by atoms with E-state index in [0.717, 1.165) is 5.56 Å². The number of amides is 2. The summed E-state index contributed by atoms with van der Waals surface area (Å²) in [7, 11) is 4.86. The third kappa shape index (κ3) is 5.98. The molecule has 0 saturated heterocycles. The topological polar surface area (TPSA) is 162 Å². The first-order chi connectivity index (χ1) is 18.3. The number of aromatic nitrogens is 5. The molecule has 12 nitrogen and oxygen atoms in total. The van der Waals surface area contributed by atoms with Crippen molar-refractivity contribution in [1.82, 2.24) is 35.6 Å². The Labute approximate surface area is 223 Å². The van der Waals surface area contributed by atoms with Crippen LogP contribution in [-0.2, 0) is 13.5 Å². The van der Waals surface area contributed by atoms with E-state index >= 15 is 0 Å². The molecule has 38 heavy (non-hydrogen) atoms. The second-order valence-electron chi connectivity index (χ2n) is 8.19. The molecule has 1 aromatic carbocycles. The first-order valence-electron chi connectivity index (χ1n) is 11.5. The molecule has 196 valence electrons. The molecule has 0 unspecified atom stereocenters. The number of nitrogens with one attached hydrogen (secondary N) is 3. The van der Waals surface area contributed by atoms with Gasteiger partial charge in [0.2, 0.25) is 0 Å². The van der Waals surface area contributed by atoms with Gasteiger partial charge in [0, 0.05) is 38.5 Å². The molecular weight excluding hydrogens is 510 g/mol. The van der Waals surface area contributed by atoms with E-state index in [-0.39, 0.29) is 28.3 Å². The number of hydrogen-bond donors (Lipinski definition) is 4. The Morgan fingerprint density at radius 3 is 2.61 bits per heavy atom. The molecule has 0 bridgehead atoms. The van der Waals surface area contributed by atoms with Crippen LogP contribution in [0, 0.1) is 0 Å². The van der Waals surface area contributed by atoms with Gasteiger partial charge in [0.1, 0.15) is 11.5 Å². The summed E-state index contributed by atoms with van der Waals surface area (Å²) in [4.78, 5) is 29.0. The molecule has 0 radical (unpaired) electrons. The van der Waals surface area contributed by atoms with Gasteiger partial charge < -0.3 is 26.4 Å². The molecule has 3 heterocycles. The Kier molecular flexibility index (Phi) is 8.02. The molecule has 0 atom stereocenters. The highest BCUT2D eigenvalue weighted by Gasteiger charge is 2.20. The van der Waals surface area contributed by atoms with Crippen LogP contribution in [0.25, 0.3) is 11.3 Å². The number of methoxy groups -OCH3 is 1. The van der Waals surface area contributed by atoms with Gasteiger partial charge in [-0.3, -0.25) is 14.3 Å². The summed E-state index contributed by atoms with van der Waals surface area (Å²) in [6.45, 7) is 0.328. The second-order valence-corrected chi connectivity index (χ2v) is 8.57. The summed E-state index contributed by atoms with van der Waals surface area (Å²) in [5.74, 6) is -0.00182. The van der Waals surface area contributed by atoms with Gasteiger partial charge in [-0.1, -0.05) is 17.7 Å². The van der Waals surface area contributed by atoms with E-state index in [0.29, 0.717) is 41.3 Å². The van der Waals surface area contributed by atoms with Crippen molar-refractivity contribution >= 4 is 40.6 Å². The minimum absolute atomic E-state index is 0.0608. The average molecular weight is 536 g/mol. The first kappa shape index (κ1) is 26.4. The van der Waals surface area contributed by atoms with E-state index in [4.69, 9.17) is 22.1 Å². The molecule has 0 aliphatic heterocycles. The standard InChI is InChI=1S/C25H26ClN9O3/c1-28-25(37)22-18(13-20(26)32-33-22)30-19-12-14(7-9-29-24(36)17-5-4-6-21(27)31-17)11-15(23(19)38-3)16-8-10-35(2)34-16/h4-6,8,10-13H,7,9H2,1-3H3,(H2,27,31)(H,28,37)(H,29,36)(H,30,32). The van der Waals surface area contributed by atoms with Crippen molar-refractivity contribution in [2.45, 2.75) is 6.42 Å². The second kappa shape index (κ2) is 11.6. The van der Waals surface area contributed by atoms with Gasteiger partial charge in [-0.2, -0.15) is 5.10 Å². The van der Waals surface area contributed by atoms with Gasteiger partial charge in [0.15, 0.2) is 16.6 Å². The molecule has 0 aliphatic carbocycles. The normalized spacial score (nSPS) is 10.6. The average Bonchev–Trinajstić information content (AvgIpc) is 3.34. The third-order valence-corrected chi connectivity index (χ3v) is 5.71. The van der Waals surface area contributed by atoms with Crippen molar-refractivity contribution in [3.63, 3.8) is 0 Å². The minimum atomic E-state index is -0.436. The maximum atomic E-state index is 12.5. The molecule has 0 saturated carbocycles. The van der Waals surface area contributed by atoms with Crippen LogP contribution >= 0.6 is 11.6 Å². The predicted molar refractivity (Wildman–Crippen MR) is 144 cm³/mol. The molecule has 13 heteroatoms. The van der Waals surface area contributed by atoms with E-state index < -0.39 is 5.91 Å². The van der Waals surface area contributed by atoms with Crippen molar-refractivity contribution < 1.29 is 14.3 Å². The van der Waals surface area contributed by atoms with Gasteiger partial charge in [-0.25, -0.2) is 4.98 Å². The van der Waals surface area contributed by atoms with Crippen molar-refractivity contribution in [3.8, 4) is 17.0 Å². The van der Waals surface area contributed by atoms with Crippen LogP contribution in [0.5, 0.6) is 5.75 Å². The van der Waals surface area contributed by atoms with Gasteiger partial charge in [0.25, 0.3) is 11.8 Å². The maximum absolute atomic E-state index is 12.5. The number of anilines is 3. The fourth-order valence-electron chi connectivity index (χ4n) is 3.78. The SMILES string of the molecule is CNC(=O)c1nnc(Cl)cc1Nc1cc(CCNC(=O)c2cccc(N)n2)cc(-c2ccn(C)n2)c1OC. The summed E-state index contributed by atoms with van der Waals surface area (Å²) in [5, 5.41) is 21.0. The molecule has 0 spiro atoms. The van der Waals surface area contributed by atoms with Crippen LogP contribution in [0.4, 0.5) is 17.2 Å². The lowest BCUT2D eigenvalue weighted by Crippen LogP contribution is -2.26. The number of hydrogen-bond acceptors (Lipinski definition) is 9. The summed E-state index contributed by atoms with van der Waals surface area (Å²) in [6, 6.07) is 12.0. The minimum Gasteiger partial charge on any atom is -0.494 e. The molecule has 4 aromatic rings.